The minimum atomic E-state index is -0.270. The van der Waals surface area contributed by atoms with E-state index in [0.717, 1.165) is 25.9 Å². The molecule has 22 heavy (non-hydrogen) atoms. The molecule has 5 nitrogen and oxygen atoms in total. The summed E-state index contributed by atoms with van der Waals surface area (Å²) in [6, 6.07) is 0. The van der Waals surface area contributed by atoms with Crippen molar-refractivity contribution in [2.45, 2.75) is 69.5 Å². The highest BCUT2D eigenvalue weighted by Crippen LogP contribution is 2.59. The average Bonchev–Trinajstić information content (AvgIpc) is 3.37. The molecule has 5 heteroatoms. The van der Waals surface area contributed by atoms with Gasteiger partial charge in [-0.2, -0.15) is 0 Å². The van der Waals surface area contributed by atoms with E-state index in [1.54, 1.807) is 7.11 Å². The number of ether oxygens (including phenoxy) is 4. The lowest BCUT2D eigenvalue weighted by molar-refractivity contribution is -0.158. The fourth-order valence-electron chi connectivity index (χ4n) is 4.16. The molecule has 0 aromatic carbocycles. The lowest BCUT2D eigenvalue weighted by atomic mass is 9.68. The summed E-state index contributed by atoms with van der Waals surface area (Å²) in [7, 11) is 1.68. The Hall–Kier alpha value is -0.910. The van der Waals surface area contributed by atoms with Gasteiger partial charge in [-0.3, -0.25) is 4.79 Å². The smallest absolute Gasteiger partial charge is 0.293 e. The Morgan fingerprint density at radius 1 is 1.41 bits per heavy atom. The number of epoxide rings is 2. The van der Waals surface area contributed by atoms with E-state index >= 15 is 0 Å². The third-order valence-corrected chi connectivity index (χ3v) is 5.47. The number of methoxy groups -OCH3 is 1. The predicted octanol–water partition coefficient (Wildman–Crippen LogP) is 2.24. The summed E-state index contributed by atoms with van der Waals surface area (Å²) in [6.07, 6.45) is 4.57. The van der Waals surface area contributed by atoms with Crippen LogP contribution in [-0.2, 0) is 23.7 Å². The van der Waals surface area contributed by atoms with Gasteiger partial charge in [0.05, 0.1) is 18.6 Å². The summed E-state index contributed by atoms with van der Waals surface area (Å²) < 4.78 is 22.9. The summed E-state index contributed by atoms with van der Waals surface area (Å²) in [5, 5.41) is 0. The minimum absolute atomic E-state index is 0.0965. The van der Waals surface area contributed by atoms with E-state index in [2.05, 4.69) is 26.8 Å². The van der Waals surface area contributed by atoms with Crippen LogP contribution in [0.1, 0.15) is 40.0 Å². The van der Waals surface area contributed by atoms with E-state index in [1.807, 2.05) is 0 Å². The number of allylic oxidation sites excluding steroid dienone is 1. The topological polar surface area (TPSA) is 60.6 Å². The lowest BCUT2D eigenvalue weighted by Gasteiger charge is -2.42. The van der Waals surface area contributed by atoms with Gasteiger partial charge < -0.3 is 18.9 Å². The Morgan fingerprint density at radius 2 is 2.14 bits per heavy atom. The van der Waals surface area contributed by atoms with Crippen LogP contribution in [0.2, 0.25) is 0 Å². The summed E-state index contributed by atoms with van der Waals surface area (Å²) >= 11 is 0. The standard InChI is InChI=1S/C17H26O5/c1-11(2)5-6-13-16(3,22-13)15-14(19-4)12(20-10-18)7-8-17(15)9-21-17/h5,10,12-15H,6-9H2,1-4H3/t12-,13?,14-,15-,16+,17+/m1/s1. The third kappa shape index (κ3) is 2.59. The fraction of sp³-hybridized carbons (Fsp3) is 0.824. The van der Waals surface area contributed by atoms with Crippen molar-refractivity contribution < 1.29 is 23.7 Å². The Bertz CT molecular complexity index is 466. The van der Waals surface area contributed by atoms with Crippen LogP contribution < -0.4 is 0 Å². The predicted molar refractivity (Wildman–Crippen MR) is 80.5 cm³/mol. The fourth-order valence-corrected chi connectivity index (χ4v) is 4.16. The number of carbonyl (C=O) groups is 1. The van der Waals surface area contributed by atoms with Crippen molar-refractivity contribution in [3.8, 4) is 0 Å². The van der Waals surface area contributed by atoms with Crippen molar-refractivity contribution in [3.05, 3.63) is 11.6 Å². The molecular formula is C17H26O5. The summed E-state index contributed by atoms with van der Waals surface area (Å²) in [5.74, 6) is 0.0965. The highest BCUT2D eigenvalue weighted by atomic mass is 16.6. The third-order valence-electron chi connectivity index (χ3n) is 5.47. The largest absolute Gasteiger partial charge is 0.462 e. The molecule has 3 fully saturated rings. The van der Waals surface area contributed by atoms with Crippen molar-refractivity contribution in [2.75, 3.05) is 13.7 Å². The summed E-state index contributed by atoms with van der Waals surface area (Å²) in [6.45, 7) is 7.60. The van der Waals surface area contributed by atoms with Crippen LogP contribution in [0.3, 0.4) is 0 Å². The Morgan fingerprint density at radius 3 is 2.68 bits per heavy atom. The minimum Gasteiger partial charge on any atom is -0.462 e. The second kappa shape index (κ2) is 5.62. The van der Waals surface area contributed by atoms with E-state index in [9.17, 15) is 4.79 Å². The van der Waals surface area contributed by atoms with Crippen molar-refractivity contribution in [1.29, 1.82) is 0 Å². The highest BCUT2D eigenvalue weighted by molar-refractivity contribution is 5.38. The molecule has 0 radical (unpaired) electrons. The van der Waals surface area contributed by atoms with Crippen molar-refractivity contribution >= 4 is 6.47 Å². The van der Waals surface area contributed by atoms with Crippen LogP contribution in [0.4, 0.5) is 0 Å². The van der Waals surface area contributed by atoms with Crippen LogP contribution in [0, 0.1) is 5.92 Å². The number of rotatable bonds is 6. The monoisotopic (exact) mass is 310 g/mol. The van der Waals surface area contributed by atoms with Gasteiger partial charge in [0.2, 0.25) is 0 Å². The summed E-state index contributed by atoms with van der Waals surface area (Å²) in [4.78, 5) is 10.8. The molecule has 0 bridgehead atoms. The van der Waals surface area contributed by atoms with Crippen molar-refractivity contribution in [1.82, 2.24) is 0 Å². The molecule has 3 rings (SSSR count). The van der Waals surface area contributed by atoms with E-state index < -0.39 is 0 Å². The van der Waals surface area contributed by atoms with E-state index in [-0.39, 0.29) is 35.4 Å². The molecule has 1 aliphatic carbocycles. The number of carbonyl (C=O) groups excluding carboxylic acids is 1. The van der Waals surface area contributed by atoms with Crippen LogP contribution >= 0.6 is 0 Å². The van der Waals surface area contributed by atoms with Crippen LogP contribution in [0.25, 0.3) is 0 Å². The van der Waals surface area contributed by atoms with Gasteiger partial charge in [-0.25, -0.2) is 0 Å². The van der Waals surface area contributed by atoms with Crippen LogP contribution in [0.5, 0.6) is 0 Å². The van der Waals surface area contributed by atoms with Crippen molar-refractivity contribution in [2.24, 2.45) is 5.92 Å². The van der Waals surface area contributed by atoms with Gasteiger partial charge in [-0.05, 0) is 40.0 Å². The molecule has 1 spiro atoms. The highest BCUT2D eigenvalue weighted by Gasteiger charge is 2.72. The zero-order valence-corrected chi connectivity index (χ0v) is 13.8. The molecular weight excluding hydrogens is 284 g/mol. The summed E-state index contributed by atoms with van der Waals surface area (Å²) in [5.41, 5.74) is 0.871. The first-order valence-corrected chi connectivity index (χ1v) is 8.04. The van der Waals surface area contributed by atoms with Gasteiger partial charge in [0, 0.05) is 7.11 Å². The maximum Gasteiger partial charge on any atom is 0.293 e. The van der Waals surface area contributed by atoms with Crippen molar-refractivity contribution in [3.63, 3.8) is 0 Å². The van der Waals surface area contributed by atoms with Gasteiger partial charge in [0.15, 0.2) is 0 Å². The molecule has 6 atom stereocenters. The second-order valence-corrected chi connectivity index (χ2v) is 7.15. The maximum atomic E-state index is 10.8. The first kappa shape index (κ1) is 16.0. The molecule has 2 aliphatic heterocycles. The molecule has 0 aromatic rings. The van der Waals surface area contributed by atoms with Gasteiger partial charge >= 0.3 is 0 Å². The van der Waals surface area contributed by atoms with Gasteiger partial charge in [-0.15, -0.1) is 0 Å². The molecule has 124 valence electrons. The number of hydrogen-bond donors (Lipinski definition) is 0. The van der Waals surface area contributed by atoms with Gasteiger partial charge in [0.25, 0.3) is 6.47 Å². The zero-order valence-electron chi connectivity index (χ0n) is 13.8. The first-order chi connectivity index (χ1) is 10.5. The Balaban J connectivity index is 1.79. The SMILES string of the molecule is CO[C@@H]1[C@H](OC=O)CC[C@]2(CO2)[C@H]1[C@@]1(C)OC1CC=C(C)C. The molecule has 2 saturated heterocycles. The van der Waals surface area contributed by atoms with E-state index in [1.165, 1.54) is 5.57 Å². The van der Waals surface area contributed by atoms with Gasteiger partial charge in [0.1, 0.15) is 23.4 Å². The first-order valence-electron chi connectivity index (χ1n) is 8.04. The Kier molecular flexibility index (Phi) is 4.08. The van der Waals surface area contributed by atoms with Crippen LogP contribution in [-0.4, -0.2) is 49.7 Å². The van der Waals surface area contributed by atoms with E-state index in [0.29, 0.717) is 6.47 Å². The molecule has 1 unspecified atom stereocenters. The quantitative estimate of drug-likeness (QED) is 0.428. The van der Waals surface area contributed by atoms with Crippen LogP contribution in [0.15, 0.2) is 11.6 Å². The normalized spacial score (nSPS) is 46.2. The molecule has 3 aliphatic rings. The molecule has 0 amide bonds. The lowest BCUT2D eigenvalue weighted by Crippen LogP contribution is -2.55. The zero-order chi connectivity index (χ0) is 16.0. The second-order valence-electron chi connectivity index (χ2n) is 7.15. The Labute approximate surface area is 131 Å². The van der Waals surface area contributed by atoms with Gasteiger partial charge in [-0.1, -0.05) is 11.6 Å². The number of hydrogen-bond acceptors (Lipinski definition) is 5. The van der Waals surface area contributed by atoms with E-state index in [4.69, 9.17) is 18.9 Å². The molecule has 0 N–H and O–H groups in total. The average molecular weight is 310 g/mol. The maximum absolute atomic E-state index is 10.8. The molecule has 1 saturated carbocycles. The molecule has 2 heterocycles. The molecule has 0 aromatic heterocycles.